The van der Waals surface area contributed by atoms with Gasteiger partial charge in [-0.1, -0.05) is 106 Å². The quantitative estimate of drug-likeness (QED) is 0.134. The number of nitrogens with two attached hydrogens (primary N) is 1. The molecule has 0 amide bonds. The second-order valence-electron chi connectivity index (χ2n) is 18.2. The van der Waals surface area contributed by atoms with Crippen LogP contribution >= 0.6 is 15.9 Å². The predicted octanol–water partition coefficient (Wildman–Crippen LogP) is 15.6. The minimum atomic E-state index is -4.38. The lowest BCUT2D eigenvalue weighted by molar-refractivity contribution is -0.138. The molecule has 8 rings (SSSR count). The van der Waals surface area contributed by atoms with Gasteiger partial charge in [0.2, 0.25) is 0 Å². The molecule has 4 nitrogen and oxygen atoms in total. The Bertz CT molecular complexity index is 2470. The highest BCUT2D eigenvalue weighted by molar-refractivity contribution is 9.10. The van der Waals surface area contributed by atoms with Crippen LogP contribution in [0.1, 0.15) is 114 Å². The molecule has 0 saturated heterocycles. The molecule has 2 aliphatic carbocycles. The first-order valence-corrected chi connectivity index (χ1v) is 20.0. The van der Waals surface area contributed by atoms with E-state index in [1.165, 1.54) is 29.5 Å². The van der Waals surface area contributed by atoms with Crippen molar-refractivity contribution >= 4 is 33.0 Å². The third-order valence-corrected chi connectivity index (χ3v) is 11.7. The van der Waals surface area contributed by atoms with Crippen molar-refractivity contribution in [2.75, 3.05) is 11.1 Å². The average Bonchev–Trinajstić information content (AvgIpc) is 3.85. The highest BCUT2D eigenvalue weighted by Gasteiger charge is 2.44. The molecule has 312 valence electrons. The molecule has 2 aliphatic rings. The Labute approximate surface area is 350 Å². The maximum absolute atomic E-state index is 13.2. The molecular weight excluding hydrogens is 830 g/mol. The standard InChI is InChI=1S/C24H24F3NO.C14H10BrF3O.C10H15N/c1-22(2,3)14-6-9-16(10-7-14)28-19-13-29-21-17-12-15(24(25,26)27)8-11-18(17)23(4,5)20(19)21;1-13(2)9-4-3-7(14(16,17)18)5-8(9)12-11(13)10(15)6-19-12;1-10(2,3)8-4-6-9(11)7-5-8/h6-13,28H,1-5H3;3-6H,1-2H3;4-7H,11H2,1-3H3. The lowest BCUT2D eigenvalue weighted by Gasteiger charge is -2.23. The fourth-order valence-corrected chi connectivity index (χ4v) is 8.52. The van der Waals surface area contributed by atoms with Crippen LogP contribution in [0.3, 0.4) is 0 Å². The summed E-state index contributed by atoms with van der Waals surface area (Å²) in [6.45, 7) is 21.0. The van der Waals surface area contributed by atoms with Crippen molar-refractivity contribution in [1.29, 1.82) is 0 Å². The van der Waals surface area contributed by atoms with Crippen molar-refractivity contribution in [1.82, 2.24) is 0 Å². The molecule has 4 aromatic carbocycles. The summed E-state index contributed by atoms with van der Waals surface area (Å²) in [7, 11) is 0. The van der Waals surface area contributed by atoms with E-state index in [1.54, 1.807) is 18.4 Å². The van der Waals surface area contributed by atoms with Crippen LogP contribution in [-0.2, 0) is 34.0 Å². The minimum Gasteiger partial charge on any atom is -0.463 e. The number of benzene rings is 4. The lowest BCUT2D eigenvalue weighted by Crippen LogP contribution is -2.16. The fourth-order valence-electron chi connectivity index (χ4n) is 7.75. The number of hydrogen-bond acceptors (Lipinski definition) is 4. The number of furan rings is 2. The van der Waals surface area contributed by atoms with E-state index < -0.39 is 28.9 Å². The van der Waals surface area contributed by atoms with E-state index >= 15 is 0 Å². The molecule has 0 unspecified atom stereocenters. The van der Waals surface area contributed by atoms with Gasteiger partial charge in [-0.25, -0.2) is 0 Å². The lowest BCUT2D eigenvalue weighted by atomic mass is 9.82. The van der Waals surface area contributed by atoms with E-state index in [1.807, 2.05) is 52.0 Å². The third-order valence-electron chi connectivity index (χ3n) is 11.1. The van der Waals surface area contributed by atoms with Crippen LogP contribution in [0.5, 0.6) is 0 Å². The van der Waals surface area contributed by atoms with E-state index in [4.69, 9.17) is 14.6 Å². The molecule has 0 fully saturated rings. The zero-order valence-corrected chi connectivity index (χ0v) is 36.4. The highest BCUT2D eigenvalue weighted by atomic mass is 79.9. The summed E-state index contributed by atoms with van der Waals surface area (Å²) in [5, 5.41) is 3.38. The fraction of sp³-hybridized carbons (Fsp3) is 0.333. The summed E-state index contributed by atoms with van der Waals surface area (Å²) in [6, 6.07) is 24.0. The molecule has 59 heavy (non-hydrogen) atoms. The van der Waals surface area contributed by atoms with Crippen LogP contribution in [0.25, 0.3) is 22.6 Å². The van der Waals surface area contributed by atoms with Gasteiger partial charge in [0.1, 0.15) is 24.0 Å². The van der Waals surface area contributed by atoms with Crippen molar-refractivity contribution < 1.29 is 35.2 Å². The number of nitrogens with one attached hydrogen (secondary N) is 1. The molecule has 2 heterocycles. The molecular formula is C48H49BrF6N2O2. The number of fused-ring (bicyclic) bond motifs is 6. The first-order valence-electron chi connectivity index (χ1n) is 19.2. The minimum absolute atomic E-state index is 0.0647. The Hall–Kier alpha value is -4.90. The third kappa shape index (κ3) is 8.58. The Kier molecular flexibility index (Phi) is 11.1. The van der Waals surface area contributed by atoms with E-state index in [-0.39, 0.29) is 16.2 Å². The normalized spacial score (nSPS) is 14.9. The van der Waals surface area contributed by atoms with Gasteiger partial charge in [-0.15, -0.1) is 0 Å². The zero-order valence-electron chi connectivity index (χ0n) is 34.8. The Morgan fingerprint density at radius 2 is 0.932 bits per heavy atom. The summed E-state index contributed by atoms with van der Waals surface area (Å²) in [5.41, 5.74) is 13.3. The zero-order chi connectivity index (χ0) is 43.7. The molecule has 0 bridgehead atoms. The van der Waals surface area contributed by atoms with Crippen molar-refractivity contribution in [3.8, 4) is 22.6 Å². The molecule has 11 heteroatoms. The van der Waals surface area contributed by atoms with Crippen molar-refractivity contribution in [3.05, 3.63) is 146 Å². The first-order chi connectivity index (χ1) is 27.1. The van der Waals surface area contributed by atoms with Gasteiger partial charge >= 0.3 is 12.4 Å². The molecule has 2 aromatic heterocycles. The topological polar surface area (TPSA) is 64.3 Å². The maximum Gasteiger partial charge on any atom is 0.416 e. The second-order valence-corrected chi connectivity index (χ2v) is 19.1. The number of alkyl halides is 6. The van der Waals surface area contributed by atoms with E-state index in [0.29, 0.717) is 22.6 Å². The van der Waals surface area contributed by atoms with Gasteiger partial charge in [-0.2, -0.15) is 26.3 Å². The SMILES string of the molecule is CC(C)(C)c1ccc(N)cc1.CC(C)(C)c1ccc(Nc2coc3c2C(C)(C)c2ccc(C(F)(F)F)cc2-3)cc1.CC1(C)c2ccc(C(F)(F)F)cc2-c2occ(Br)c21. The van der Waals surface area contributed by atoms with E-state index in [2.05, 4.69) is 87.1 Å². The van der Waals surface area contributed by atoms with Gasteiger partial charge in [0.15, 0.2) is 0 Å². The first kappa shape index (κ1) is 43.7. The van der Waals surface area contributed by atoms with Gasteiger partial charge in [-0.05, 0) is 97.5 Å². The highest BCUT2D eigenvalue weighted by Crippen LogP contribution is 2.55. The molecule has 0 aliphatic heterocycles. The van der Waals surface area contributed by atoms with Crippen LogP contribution in [0.4, 0.5) is 43.4 Å². The van der Waals surface area contributed by atoms with Gasteiger partial charge in [0.25, 0.3) is 0 Å². The number of anilines is 3. The summed E-state index contributed by atoms with van der Waals surface area (Å²) < 4.78 is 89.9. The van der Waals surface area contributed by atoms with Gasteiger partial charge < -0.3 is 19.9 Å². The van der Waals surface area contributed by atoms with Crippen LogP contribution < -0.4 is 11.1 Å². The molecule has 6 aromatic rings. The molecule has 0 radical (unpaired) electrons. The summed E-state index contributed by atoms with van der Waals surface area (Å²) in [5.74, 6) is 1.03. The largest absolute Gasteiger partial charge is 0.463 e. The van der Waals surface area contributed by atoms with Crippen LogP contribution in [0.15, 0.2) is 111 Å². The van der Waals surface area contributed by atoms with Crippen LogP contribution in [0, 0.1) is 0 Å². The monoisotopic (exact) mass is 878 g/mol. The smallest absolute Gasteiger partial charge is 0.416 e. The van der Waals surface area contributed by atoms with Gasteiger partial charge in [0, 0.05) is 44.5 Å². The van der Waals surface area contributed by atoms with Crippen molar-refractivity contribution in [2.45, 2.75) is 103 Å². The van der Waals surface area contributed by atoms with Crippen molar-refractivity contribution in [2.24, 2.45) is 0 Å². The molecule has 0 atom stereocenters. The molecule has 3 N–H and O–H groups in total. The number of nitrogen functional groups attached to an aromatic ring is 1. The molecule has 0 spiro atoms. The summed E-state index contributed by atoms with van der Waals surface area (Å²) in [4.78, 5) is 0. The number of rotatable bonds is 2. The summed E-state index contributed by atoms with van der Waals surface area (Å²) in [6.07, 6.45) is -5.61. The Balaban J connectivity index is 0.000000166. The van der Waals surface area contributed by atoms with Crippen LogP contribution in [-0.4, -0.2) is 0 Å². The van der Waals surface area contributed by atoms with Crippen LogP contribution in [0.2, 0.25) is 0 Å². The van der Waals surface area contributed by atoms with E-state index in [0.717, 1.165) is 55.9 Å². The number of halogens is 7. The average molecular weight is 880 g/mol. The maximum atomic E-state index is 13.2. The Morgan fingerprint density at radius 3 is 1.37 bits per heavy atom. The predicted molar refractivity (Wildman–Crippen MR) is 228 cm³/mol. The van der Waals surface area contributed by atoms with Gasteiger partial charge in [-0.3, -0.25) is 0 Å². The molecule has 0 saturated carbocycles. The van der Waals surface area contributed by atoms with E-state index in [9.17, 15) is 26.3 Å². The number of hydrogen-bond donors (Lipinski definition) is 2. The second kappa shape index (κ2) is 15.0. The van der Waals surface area contributed by atoms with Crippen molar-refractivity contribution in [3.63, 3.8) is 0 Å². The Morgan fingerprint density at radius 1 is 0.542 bits per heavy atom. The van der Waals surface area contributed by atoms with Gasteiger partial charge in [0.05, 0.1) is 21.3 Å². The summed E-state index contributed by atoms with van der Waals surface area (Å²) >= 11 is 3.39.